The third kappa shape index (κ3) is 3.80. The van der Waals surface area contributed by atoms with E-state index in [1.54, 1.807) is 6.26 Å². The molecule has 1 aromatic rings. The molecule has 0 spiro atoms. The van der Waals surface area contributed by atoms with Crippen LogP contribution in [0.5, 0.6) is 0 Å². The quantitative estimate of drug-likeness (QED) is 0.839. The highest BCUT2D eigenvalue weighted by molar-refractivity contribution is 7.84. The summed E-state index contributed by atoms with van der Waals surface area (Å²) in [5, 5.41) is 3.48. The number of nitrogens with one attached hydrogen (secondary N) is 1. The van der Waals surface area contributed by atoms with Crippen LogP contribution in [-0.2, 0) is 10.8 Å². The zero-order valence-corrected chi connectivity index (χ0v) is 10.6. The number of furan rings is 1. The normalized spacial score (nSPS) is 17.3. The van der Waals surface area contributed by atoms with Crippen molar-refractivity contribution in [3.8, 4) is 0 Å². The molecule has 0 fully saturated rings. The van der Waals surface area contributed by atoms with E-state index in [0.29, 0.717) is 0 Å². The molecule has 0 aliphatic rings. The Morgan fingerprint density at radius 1 is 1.47 bits per heavy atom. The lowest BCUT2D eigenvalue weighted by molar-refractivity contribution is 0.417. The van der Waals surface area contributed by atoms with Gasteiger partial charge in [-0.1, -0.05) is 0 Å². The summed E-state index contributed by atoms with van der Waals surface area (Å²) in [6, 6.07) is 4.10. The minimum absolute atomic E-state index is 0.170. The van der Waals surface area contributed by atoms with Crippen LogP contribution < -0.4 is 5.32 Å². The van der Waals surface area contributed by atoms with Gasteiger partial charge in [-0.05, 0) is 32.9 Å². The standard InChI is InChI=1S/C11H19NO2S/c1-8-5-6-11(14-8)10(3)12-7-9(2)15(4)13/h5-6,9-10,12H,7H2,1-4H3. The van der Waals surface area contributed by atoms with E-state index < -0.39 is 10.8 Å². The van der Waals surface area contributed by atoms with Crippen molar-refractivity contribution in [1.82, 2.24) is 5.32 Å². The maximum absolute atomic E-state index is 11.1. The minimum Gasteiger partial charge on any atom is -0.465 e. The molecule has 4 heteroatoms. The van der Waals surface area contributed by atoms with Crippen LogP contribution in [0.3, 0.4) is 0 Å². The lowest BCUT2D eigenvalue weighted by atomic mass is 10.2. The topological polar surface area (TPSA) is 42.2 Å². The predicted molar refractivity (Wildman–Crippen MR) is 63.4 cm³/mol. The monoisotopic (exact) mass is 229 g/mol. The second-order valence-corrected chi connectivity index (χ2v) is 5.69. The molecular formula is C11H19NO2S. The second-order valence-electron chi connectivity index (χ2n) is 3.89. The first kappa shape index (κ1) is 12.5. The summed E-state index contributed by atoms with van der Waals surface area (Å²) in [7, 11) is -0.771. The first-order valence-corrected chi connectivity index (χ1v) is 6.74. The molecule has 0 radical (unpaired) electrons. The molecule has 0 saturated carbocycles. The van der Waals surface area contributed by atoms with Crippen molar-refractivity contribution in [2.45, 2.75) is 32.1 Å². The molecule has 1 aromatic heterocycles. The fraction of sp³-hybridized carbons (Fsp3) is 0.636. The van der Waals surface area contributed by atoms with Gasteiger partial charge in [0.25, 0.3) is 0 Å². The van der Waals surface area contributed by atoms with Crippen molar-refractivity contribution in [1.29, 1.82) is 0 Å². The highest BCUT2D eigenvalue weighted by Crippen LogP contribution is 2.15. The van der Waals surface area contributed by atoms with Crippen LogP contribution >= 0.6 is 0 Å². The van der Waals surface area contributed by atoms with Gasteiger partial charge in [0.2, 0.25) is 0 Å². The van der Waals surface area contributed by atoms with Crippen LogP contribution in [0.2, 0.25) is 0 Å². The summed E-state index contributed by atoms with van der Waals surface area (Å²) in [5.74, 6) is 1.85. The maximum Gasteiger partial charge on any atom is 0.120 e. The average molecular weight is 229 g/mol. The van der Waals surface area contributed by atoms with Crippen molar-refractivity contribution in [2.75, 3.05) is 12.8 Å². The first-order chi connectivity index (χ1) is 7.00. The van der Waals surface area contributed by atoms with E-state index in [9.17, 15) is 4.21 Å². The lowest BCUT2D eigenvalue weighted by Gasteiger charge is -2.14. The molecule has 0 saturated heterocycles. The highest BCUT2D eigenvalue weighted by atomic mass is 32.2. The van der Waals surface area contributed by atoms with Crippen LogP contribution in [0.25, 0.3) is 0 Å². The van der Waals surface area contributed by atoms with Gasteiger partial charge in [-0.25, -0.2) is 0 Å². The summed E-state index contributed by atoms with van der Waals surface area (Å²) in [6.45, 7) is 6.69. The van der Waals surface area contributed by atoms with Crippen molar-refractivity contribution in [3.63, 3.8) is 0 Å². The predicted octanol–water partition coefficient (Wildman–Crippen LogP) is 2.01. The van der Waals surface area contributed by atoms with Gasteiger partial charge in [0.1, 0.15) is 11.5 Å². The average Bonchev–Trinajstić information content (AvgIpc) is 2.60. The third-order valence-corrected chi connectivity index (χ3v) is 3.77. The molecule has 0 aromatic carbocycles. The molecule has 1 N–H and O–H groups in total. The zero-order valence-electron chi connectivity index (χ0n) is 9.74. The van der Waals surface area contributed by atoms with Gasteiger partial charge in [0, 0.05) is 28.9 Å². The molecule has 3 atom stereocenters. The van der Waals surface area contributed by atoms with E-state index in [1.165, 1.54) is 0 Å². The largest absolute Gasteiger partial charge is 0.465 e. The van der Waals surface area contributed by atoms with Crippen molar-refractivity contribution in [3.05, 3.63) is 23.7 Å². The SMILES string of the molecule is Cc1ccc(C(C)NCC(C)S(C)=O)o1. The third-order valence-electron chi connectivity index (χ3n) is 2.47. The lowest BCUT2D eigenvalue weighted by Crippen LogP contribution is -2.29. The van der Waals surface area contributed by atoms with Gasteiger partial charge < -0.3 is 9.73 Å². The van der Waals surface area contributed by atoms with Crippen molar-refractivity contribution >= 4 is 10.8 Å². The Balaban J connectivity index is 2.43. The van der Waals surface area contributed by atoms with E-state index in [2.05, 4.69) is 5.32 Å². The second kappa shape index (κ2) is 5.47. The first-order valence-electron chi connectivity index (χ1n) is 5.12. The Hall–Kier alpha value is -0.610. The Morgan fingerprint density at radius 2 is 2.13 bits per heavy atom. The van der Waals surface area contributed by atoms with Crippen molar-refractivity contribution in [2.24, 2.45) is 0 Å². The van der Waals surface area contributed by atoms with Gasteiger partial charge in [0.15, 0.2) is 0 Å². The molecule has 0 amide bonds. The van der Waals surface area contributed by atoms with Crippen LogP contribution in [0.15, 0.2) is 16.5 Å². The summed E-state index contributed by atoms with van der Waals surface area (Å²) < 4.78 is 16.6. The van der Waals surface area contributed by atoms with Gasteiger partial charge >= 0.3 is 0 Å². The van der Waals surface area contributed by atoms with E-state index in [1.807, 2.05) is 32.9 Å². The highest BCUT2D eigenvalue weighted by Gasteiger charge is 2.11. The fourth-order valence-electron chi connectivity index (χ4n) is 1.25. The molecule has 1 rings (SSSR count). The Bertz CT molecular complexity index is 335. The van der Waals surface area contributed by atoms with E-state index >= 15 is 0 Å². The minimum atomic E-state index is -0.771. The molecule has 3 nitrogen and oxygen atoms in total. The number of rotatable bonds is 5. The number of hydrogen-bond acceptors (Lipinski definition) is 3. The zero-order chi connectivity index (χ0) is 11.4. The van der Waals surface area contributed by atoms with Gasteiger partial charge in [0.05, 0.1) is 6.04 Å². The number of aryl methyl sites for hydroxylation is 1. The molecule has 3 unspecified atom stereocenters. The molecule has 0 bridgehead atoms. The molecule has 86 valence electrons. The van der Waals surface area contributed by atoms with Crippen LogP contribution in [-0.4, -0.2) is 22.3 Å². The maximum atomic E-state index is 11.1. The molecular weight excluding hydrogens is 210 g/mol. The van der Waals surface area contributed by atoms with Crippen LogP contribution in [0.4, 0.5) is 0 Å². The van der Waals surface area contributed by atoms with Crippen molar-refractivity contribution < 1.29 is 8.63 Å². The molecule has 15 heavy (non-hydrogen) atoms. The van der Waals surface area contributed by atoms with E-state index in [0.717, 1.165) is 18.1 Å². The Kier molecular flexibility index (Phi) is 4.54. The Morgan fingerprint density at radius 3 is 2.60 bits per heavy atom. The summed E-state index contributed by atoms with van der Waals surface area (Å²) in [6.07, 6.45) is 1.73. The van der Waals surface area contributed by atoms with E-state index in [4.69, 9.17) is 4.42 Å². The fourth-order valence-corrected chi connectivity index (χ4v) is 1.58. The summed E-state index contributed by atoms with van der Waals surface area (Å²) in [5.41, 5.74) is 0. The summed E-state index contributed by atoms with van der Waals surface area (Å²) in [4.78, 5) is 0. The van der Waals surface area contributed by atoms with Gasteiger partial charge in [-0.15, -0.1) is 0 Å². The Labute approximate surface area is 93.7 Å². The van der Waals surface area contributed by atoms with Crippen LogP contribution in [0.1, 0.15) is 31.4 Å². The molecule has 1 heterocycles. The molecule has 0 aliphatic heterocycles. The van der Waals surface area contributed by atoms with Gasteiger partial charge in [-0.2, -0.15) is 0 Å². The number of hydrogen-bond donors (Lipinski definition) is 1. The summed E-state index contributed by atoms with van der Waals surface area (Å²) >= 11 is 0. The van der Waals surface area contributed by atoms with E-state index in [-0.39, 0.29) is 11.3 Å². The smallest absolute Gasteiger partial charge is 0.120 e. The van der Waals surface area contributed by atoms with Crippen LogP contribution in [0, 0.1) is 6.92 Å². The van der Waals surface area contributed by atoms with Gasteiger partial charge in [-0.3, -0.25) is 4.21 Å². The molecule has 0 aliphatic carbocycles.